The number of halogens is 1. The van der Waals surface area contributed by atoms with Gasteiger partial charge in [-0.1, -0.05) is 27.7 Å². The van der Waals surface area contributed by atoms with Gasteiger partial charge < -0.3 is 9.80 Å². The highest BCUT2D eigenvalue weighted by Gasteiger charge is 2.44. The molecule has 3 heteroatoms. The van der Waals surface area contributed by atoms with E-state index >= 15 is 0 Å². The highest BCUT2D eigenvalue weighted by molar-refractivity contribution is 4.97. The summed E-state index contributed by atoms with van der Waals surface area (Å²) in [5, 5.41) is 0. The Bertz CT molecular complexity index is 357. The van der Waals surface area contributed by atoms with Crippen molar-refractivity contribution < 1.29 is 4.39 Å². The van der Waals surface area contributed by atoms with Crippen LogP contribution in [0.15, 0.2) is 0 Å². The minimum atomic E-state index is -0.528. The first-order valence-corrected chi connectivity index (χ1v) is 11.0. The van der Waals surface area contributed by atoms with Crippen LogP contribution in [-0.2, 0) is 0 Å². The summed E-state index contributed by atoms with van der Waals surface area (Å²) in [6.45, 7) is 16.4. The lowest BCUT2D eigenvalue weighted by molar-refractivity contribution is 0.146. The average molecular weight is 355 g/mol. The normalized spacial score (nSPS) is 24.6. The molecule has 0 aromatic heterocycles. The van der Waals surface area contributed by atoms with Gasteiger partial charge in [-0.15, -0.1) is 0 Å². The van der Waals surface area contributed by atoms with E-state index in [2.05, 4.69) is 37.5 Å². The van der Waals surface area contributed by atoms with Crippen molar-refractivity contribution >= 4 is 0 Å². The molecule has 0 amide bonds. The molecule has 1 saturated carbocycles. The molecule has 3 fully saturated rings. The molecule has 0 aromatic rings. The lowest BCUT2D eigenvalue weighted by atomic mass is 9.94. The molecule has 1 aliphatic carbocycles. The minimum absolute atomic E-state index is 0.528. The zero-order valence-corrected chi connectivity index (χ0v) is 17.4. The van der Waals surface area contributed by atoms with Crippen LogP contribution in [0.2, 0.25) is 0 Å². The molecule has 0 N–H and O–H groups in total. The van der Waals surface area contributed by atoms with Crippen LogP contribution in [0.4, 0.5) is 4.39 Å². The molecule has 25 heavy (non-hydrogen) atoms. The lowest BCUT2D eigenvalue weighted by Gasteiger charge is -2.33. The van der Waals surface area contributed by atoms with E-state index in [0.29, 0.717) is 0 Å². The Morgan fingerprint density at radius 3 is 1.92 bits per heavy atom. The maximum atomic E-state index is 12.7. The van der Waals surface area contributed by atoms with Crippen molar-refractivity contribution in [2.45, 2.75) is 85.2 Å². The quantitative estimate of drug-likeness (QED) is 0.632. The summed E-state index contributed by atoms with van der Waals surface area (Å²) >= 11 is 0. The Morgan fingerprint density at radius 2 is 1.40 bits per heavy atom. The second kappa shape index (κ2) is 10.3. The van der Waals surface area contributed by atoms with E-state index in [1.54, 1.807) is 0 Å². The molecular weight excluding hydrogens is 311 g/mol. The van der Waals surface area contributed by atoms with Gasteiger partial charge in [0.2, 0.25) is 0 Å². The first-order chi connectivity index (χ1) is 11.9. The molecule has 2 saturated heterocycles. The van der Waals surface area contributed by atoms with Crippen LogP contribution in [0.25, 0.3) is 0 Å². The van der Waals surface area contributed by atoms with Crippen molar-refractivity contribution in [2.24, 2.45) is 17.3 Å². The van der Waals surface area contributed by atoms with E-state index < -0.39 is 6.17 Å². The molecule has 0 aromatic carbocycles. The van der Waals surface area contributed by atoms with Crippen LogP contribution in [0.3, 0.4) is 0 Å². The molecule has 2 heterocycles. The van der Waals surface area contributed by atoms with Crippen molar-refractivity contribution in [1.29, 1.82) is 0 Å². The Kier molecular flexibility index (Phi) is 8.68. The number of hydrogen-bond acceptors (Lipinski definition) is 2. The Balaban J connectivity index is 0.000000181. The van der Waals surface area contributed by atoms with Crippen molar-refractivity contribution in [3.05, 3.63) is 0 Å². The van der Waals surface area contributed by atoms with E-state index in [1.807, 2.05) is 0 Å². The van der Waals surface area contributed by atoms with Gasteiger partial charge >= 0.3 is 0 Å². The third-order valence-corrected chi connectivity index (χ3v) is 6.26. The zero-order valence-electron chi connectivity index (χ0n) is 17.4. The summed E-state index contributed by atoms with van der Waals surface area (Å²) in [6.07, 6.45) is 9.61. The second-order valence-electron chi connectivity index (χ2n) is 9.76. The highest BCUT2D eigenvalue weighted by Crippen LogP contribution is 2.51. The number of hydrogen-bond donors (Lipinski definition) is 0. The molecule has 3 rings (SSSR count). The number of alkyl halides is 1. The minimum Gasteiger partial charge on any atom is -0.303 e. The van der Waals surface area contributed by atoms with Crippen LogP contribution < -0.4 is 0 Å². The predicted octanol–water partition coefficient (Wildman–Crippen LogP) is 5.37. The Hall–Kier alpha value is -0.150. The van der Waals surface area contributed by atoms with E-state index in [4.69, 9.17) is 0 Å². The third kappa shape index (κ3) is 8.39. The van der Waals surface area contributed by atoms with Gasteiger partial charge in [-0.3, -0.25) is 0 Å². The van der Waals surface area contributed by atoms with Crippen molar-refractivity contribution in [3.63, 3.8) is 0 Å². The highest BCUT2D eigenvalue weighted by atomic mass is 19.1. The molecule has 0 unspecified atom stereocenters. The van der Waals surface area contributed by atoms with Gasteiger partial charge in [-0.2, -0.15) is 0 Å². The van der Waals surface area contributed by atoms with Gasteiger partial charge in [0.05, 0.1) is 0 Å². The molecule has 2 nitrogen and oxygen atoms in total. The van der Waals surface area contributed by atoms with Gasteiger partial charge in [0.15, 0.2) is 0 Å². The van der Waals surface area contributed by atoms with Crippen LogP contribution in [0.1, 0.15) is 79.1 Å². The van der Waals surface area contributed by atoms with Crippen LogP contribution >= 0.6 is 0 Å². The molecule has 148 valence electrons. The molecule has 2 aliphatic heterocycles. The monoisotopic (exact) mass is 354 g/mol. The van der Waals surface area contributed by atoms with E-state index in [0.717, 1.165) is 49.7 Å². The molecule has 0 atom stereocenters. The van der Waals surface area contributed by atoms with Crippen molar-refractivity contribution in [3.8, 4) is 0 Å². The van der Waals surface area contributed by atoms with Crippen molar-refractivity contribution in [1.82, 2.24) is 9.80 Å². The number of rotatable bonds is 6. The van der Waals surface area contributed by atoms with Gasteiger partial charge in [-0.25, -0.2) is 4.39 Å². The van der Waals surface area contributed by atoms with E-state index in [1.165, 1.54) is 58.2 Å². The zero-order chi connectivity index (χ0) is 18.3. The molecule has 1 spiro atoms. The molecular formula is C22H43FN2. The summed E-state index contributed by atoms with van der Waals surface area (Å²) in [6, 6.07) is 0. The van der Waals surface area contributed by atoms with E-state index in [9.17, 15) is 4.39 Å². The summed E-state index contributed by atoms with van der Waals surface area (Å²) < 4.78 is 12.7. The fourth-order valence-electron chi connectivity index (χ4n) is 4.09. The Morgan fingerprint density at radius 1 is 0.840 bits per heavy atom. The molecule has 3 aliphatic rings. The third-order valence-electron chi connectivity index (χ3n) is 6.26. The maximum absolute atomic E-state index is 12.7. The van der Waals surface area contributed by atoms with Crippen LogP contribution in [0, 0.1) is 17.3 Å². The number of nitrogens with zero attached hydrogens (tertiary/aromatic N) is 2. The summed E-state index contributed by atoms with van der Waals surface area (Å²) in [5.74, 6) is 1.64. The van der Waals surface area contributed by atoms with Crippen LogP contribution in [-0.4, -0.2) is 55.2 Å². The van der Waals surface area contributed by atoms with Crippen molar-refractivity contribution in [2.75, 3.05) is 39.3 Å². The summed E-state index contributed by atoms with van der Waals surface area (Å²) in [7, 11) is 0. The largest absolute Gasteiger partial charge is 0.303 e. The second-order valence-corrected chi connectivity index (χ2v) is 9.76. The number of piperidine rings is 2. The lowest BCUT2D eigenvalue weighted by Crippen LogP contribution is -2.37. The number of likely N-dealkylation sites (tertiary alicyclic amines) is 2. The average Bonchev–Trinajstić information content (AvgIpc) is 3.31. The standard InChI is InChI=1S/C12H23N.C10H20FN/c1-11(2)4-9-13-8-3-5-12(10-13)6-7-12;1-9(2)3-6-12-7-4-10(11)5-8-12/h11H,3-10H2,1-2H3;9-10H,3-8H2,1-2H3. The first kappa shape index (κ1) is 21.2. The summed E-state index contributed by atoms with van der Waals surface area (Å²) in [4.78, 5) is 5.09. The smallest absolute Gasteiger partial charge is 0.103 e. The van der Waals surface area contributed by atoms with Gasteiger partial charge in [0, 0.05) is 19.6 Å². The molecule has 0 bridgehead atoms. The fraction of sp³-hybridized carbons (Fsp3) is 1.00. The van der Waals surface area contributed by atoms with E-state index in [-0.39, 0.29) is 0 Å². The Labute approximate surface area is 156 Å². The van der Waals surface area contributed by atoms with Gasteiger partial charge in [0.1, 0.15) is 6.17 Å². The fourth-order valence-corrected chi connectivity index (χ4v) is 4.09. The van der Waals surface area contributed by atoms with Crippen LogP contribution in [0.5, 0.6) is 0 Å². The predicted molar refractivity (Wildman–Crippen MR) is 107 cm³/mol. The SMILES string of the molecule is CC(C)CCN1CCC(F)CC1.CC(C)CCN1CCCC2(CC2)C1. The maximum Gasteiger partial charge on any atom is 0.103 e. The molecule has 0 radical (unpaired) electrons. The summed E-state index contributed by atoms with van der Waals surface area (Å²) in [5.41, 5.74) is 0.815. The van der Waals surface area contributed by atoms with Gasteiger partial charge in [0.25, 0.3) is 0 Å². The topological polar surface area (TPSA) is 6.48 Å². The first-order valence-electron chi connectivity index (χ1n) is 11.0. The van der Waals surface area contributed by atoms with Gasteiger partial charge in [-0.05, 0) is 88.3 Å².